The van der Waals surface area contributed by atoms with Crippen molar-refractivity contribution in [2.75, 3.05) is 11.9 Å². The SMILES string of the molecule is CCOc1cc(NC(=O)c2cc3ccccc3c(N=Nc3cc(S(=O)(=O)O)cc(C)c3Cl)c2[O-])ccc1Cl.[Na+]. The van der Waals surface area contributed by atoms with Gasteiger partial charge in [0.25, 0.3) is 16.0 Å². The van der Waals surface area contributed by atoms with Crippen LogP contribution in [0.25, 0.3) is 10.8 Å². The topological polar surface area (TPSA) is 140 Å². The number of carbonyl (C=O) groups excluding carboxylic acids is 1. The summed E-state index contributed by atoms with van der Waals surface area (Å²) in [5.41, 5.74) is 0.264. The van der Waals surface area contributed by atoms with Crippen LogP contribution in [0.1, 0.15) is 22.8 Å². The molecule has 0 aliphatic rings. The fourth-order valence-electron chi connectivity index (χ4n) is 3.67. The average molecular weight is 596 g/mol. The number of azo groups is 1. The van der Waals surface area contributed by atoms with Crippen molar-refractivity contribution in [3.63, 3.8) is 0 Å². The maximum absolute atomic E-state index is 13.4. The molecule has 0 unspecified atom stereocenters. The first-order chi connectivity index (χ1) is 18.0. The molecule has 0 aliphatic carbocycles. The molecular weight excluding hydrogens is 576 g/mol. The smallest absolute Gasteiger partial charge is 0.870 e. The zero-order chi connectivity index (χ0) is 27.6. The molecular formula is C26H20Cl2N3NaO6S. The van der Waals surface area contributed by atoms with Crippen LogP contribution in [0.4, 0.5) is 17.1 Å². The summed E-state index contributed by atoms with van der Waals surface area (Å²) in [6.45, 7) is 3.70. The third kappa shape index (κ3) is 6.90. The second-order valence-electron chi connectivity index (χ2n) is 8.10. The van der Waals surface area contributed by atoms with E-state index in [1.807, 2.05) is 0 Å². The maximum atomic E-state index is 13.4. The van der Waals surface area contributed by atoms with Crippen LogP contribution in [-0.4, -0.2) is 25.5 Å². The molecule has 1 amide bonds. The van der Waals surface area contributed by atoms with E-state index in [4.69, 9.17) is 27.9 Å². The van der Waals surface area contributed by atoms with Gasteiger partial charge >= 0.3 is 29.6 Å². The first-order valence-corrected chi connectivity index (χ1v) is 13.3. The minimum Gasteiger partial charge on any atom is -0.870 e. The van der Waals surface area contributed by atoms with Gasteiger partial charge in [-0.05, 0) is 55.1 Å². The molecule has 0 heterocycles. The first-order valence-electron chi connectivity index (χ1n) is 11.2. The summed E-state index contributed by atoms with van der Waals surface area (Å²) >= 11 is 12.4. The van der Waals surface area contributed by atoms with Crippen molar-refractivity contribution >= 4 is 67.1 Å². The predicted molar refractivity (Wildman–Crippen MR) is 144 cm³/mol. The number of carbonyl (C=O) groups is 1. The van der Waals surface area contributed by atoms with Crippen molar-refractivity contribution in [2.45, 2.75) is 18.7 Å². The van der Waals surface area contributed by atoms with Crippen molar-refractivity contribution in [2.24, 2.45) is 10.2 Å². The molecule has 0 saturated carbocycles. The van der Waals surface area contributed by atoms with Crippen LogP contribution in [0.3, 0.4) is 0 Å². The normalized spacial score (nSPS) is 11.4. The molecule has 0 bridgehead atoms. The third-order valence-electron chi connectivity index (χ3n) is 5.47. The summed E-state index contributed by atoms with van der Waals surface area (Å²) in [4.78, 5) is 12.7. The van der Waals surface area contributed by atoms with Gasteiger partial charge in [-0.15, -0.1) is 5.11 Å². The maximum Gasteiger partial charge on any atom is 1.00 e. The largest absolute Gasteiger partial charge is 1.00 e. The molecule has 4 aromatic carbocycles. The molecule has 13 heteroatoms. The van der Waals surface area contributed by atoms with Crippen molar-refractivity contribution in [3.8, 4) is 11.5 Å². The minimum atomic E-state index is -4.54. The number of benzene rings is 4. The Kier molecular flexibility index (Phi) is 10.0. The van der Waals surface area contributed by atoms with Gasteiger partial charge in [0, 0.05) is 22.7 Å². The molecule has 0 spiro atoms. The Labute approximate surface area is 256 Å². The van der Waals surface area contributed by atoms with Gasteiger partial charge in [0.2, 0.25) is 0 Å². The average Bonchev–Trinajstić information content (AvgIpc) is 2.86. The van der Waals surface area contributed by atoms with E-state index in [0.29, 0.717) is 39.4 Å². The molecule has 4 aromatic rings. The molecule has 4 rings (SSSR count). The second kappa shape index (κ2) is 12.6. The summed E-state index contributed by atoms with van der Waals surface area (Å²) in [6.07, 6.45) is 0. The molecule has 0 aromatic heterocycles. The number of fused-ring (bicyclic) bond motifs is 1. The van der Waals surface area contributed by atoms with Gasteiger partial charge < -0.3 is 15.2 Å². The monoisotopic (exact) mass is 595 g/mol. The number of hydrogen-bond acceptors (Lipinski definition) is 7. The number of amides is 1. The molecule has 2 N–H and O–H groups in total. The van der Waals surface area contributed by atoms with Crippen LogP contribution in [0.5, 0.6) is 11.5 Å². The Hall–Kier alpha value is -2.70. The third-order valence-corrected chi connectivity index (χ3v) is 7.11. The van der Waals surface area contributed by atoms with E-state index in [-0.39, 0.29) is 51.5 Å². The molecule has 0 atom stereocenters. The molecule has 0 saturated heterocycles. The van der Waals surface area contributed by atoms with Gasteiger partial charge in [-0.1, -0.05) is 53.2 Å². The fourth-order valence-corrected chi connectivity index (χ4v) is 4.57. The zero-order valence-corrected chi connectivity index (χ0v) is 25.4. The second-order valence-corrected chi connectivity index (χ2v) is 10.3. The zero-order valence-electron chi connectivity index (χ0n) is 21.0. The number of nitrogens with zero attached hydrogens (tertiary/aromatic N) is 2. The number of hydrogen-bond donors (Lipinski definition) is 2. The Balaban J connectivity index is 0.00000420. The van der Waals surface area contributed by atoms with Crippen LogP contribution in [0.15, 0.2) is 75.8 Å². The molecule has 0 fully saturated rings. The van der Waals surface area contributed by atoms with E-state index >= 15 is 0 Å². The van der Waals surface area contributed by atoms with Gasteiger partial charge in [0.1, 0.15) is 11.4 Å². The Morgan fingerprint density at radius 2 is 1.79 bits per heavy atom. The number of halogens is 2. The summed E-state index contributed by atoms with van der Waals surface area (Å²) in [7, 11) is -4.54. The van der Waals surface area contributed by atoms with E-state index in [1.165, 1.54) is 19.1 Å². The predicted octanol–water partition coefficient (Wildman–Crippen LogP) is 3.85. The van der Waals surface area contributed by atoms with E-state index in [1.54, 1.807) is 49.4 Å². The van der Waals surface area contributed by atoms with Crippen molar-refractivity contribution in [3.05, 3.63) is 81.8 Å². The first kappa shape index (κ1) is 30.8. The van der Waals surface area contributed by atoms with E-state index in [2.05, 4.69) is 15.5 Å². The summed E-state index contributed by atoms with van der Waals surface area (Å²) in [5, 5.41) is 25.6. The molecule has 0 radical (unpaired) electrons. The standard InChI is InChI=1S/C26H21Cl2N3O6S.Na/c1-3-37-22-12-16(8-9-20(22)27)29-26(33)19-11-15-6-4-5-7-18(15)24(25(19)32)31-30-21-13-17(38(34,35)36)10-14(2)23(21)28;/h4-13,32H,3H2,1-2H3,(H,29,33)(H,34,35,36);/q;+1/p-1. The Morgan fingerprint density at radius 3 is 2.49 bits per heavy atom. The van der Waals surface area contributed by atoms with Gasteiger partial charge in [-0.25, -0.2) is 0 Å². The Bertz CT molecular complexity index is 1710. The summed E-state index contributed by atoms with van der Waals surface area (Å²) < 4.78 is 38.1. The molecule has 9 nitrogen and oxygen atoms in total. The van der Waals surface area contributed by atoms with Gasteiger partial charge in [0.05, 0.1) is 27.2 Å². The number of rotatable bonds is 7. The molecule has 196 valence electrons. The van der Waals surface area contributed by atoms with Gasteiger partial charge in [-0.2, -0.15) is 13.5 Å². The molecule has 0 aliphatic heterocycles. The number of anilines is 1. The van der Waals surface area contributed by atoms with Gasteiger partial charge in [-0.3, -0.25) is 9.35 Å². The fraction of sp³-hybridized carbons (Fsp3) is 0.115. The van der Waals surface area contributed by atoms with Crippen LogP contribution >= 0.6 is 23.2 Å². The van der Waals surface area contributed by atoms with Crippen LogP contribution < -0.4 is 44.7 Å². The summed E-state index contributed by atoms with van der Waals surface area (Å²) in [6, 6.07) is 15.1. The number of aryl methyl sites for hydroxylation is 1. The number of nitrogens with one attached hydrogen (secondary N) is 1. The van der Waals surface area contributed by atoms with Crippen LogP contribution in [0.2, 0.25) is 10.0 Å². The minimum absolute atomic E-state index is 0. The summed E-state index contributed by atoms with van der Waals surface area (Å²) in [5.74, 6) is -1.02. The molecule has 39 heavy (non-hydrogen) atoms. The van der Waals surface area contributed by atoms with Crippen LogP contribution in [-0.2, 0) is 10.1 Å². The van der Waals surface area contributed by atoms with E-state index < -0.39 is 26.7 Å². The van der Waals surface area contributed by atoms with Crippen molar-refractivity contribution in [1.82, 2.24) is 0 Å². The number of ether oxygens (including phenoxy) is 1. The van der Waals surface area contributed by atoms with E-state index in [0.717, 1.165) is 6.07 Å². The Morgan fingerprint density at radius 1 is 1.08 bits per heavy atom. The van der Waals surface area contributed by atoms with Crippen molar-refractivity contribution in [1.29, 1.82) is 0 Å². The quantitative estimate of drug-likeness (QED) is 0.189. The van der Waals surface area contributed by atoms with E-state index in [9.17, 15) is 22.9 Å². The van der Waals surface area contributed by atoms with Gasteiger partial charge in [0.15, 0.2) is 0 Å². The van der Waals surface area contributed by atoms with Crippen LogP contribution in [0, 0.1) is 6.92 Å². The van der Waals surface area contributed by atoms with Crippen molar-refractivity contribution < 1.29 is 57.2 Å².